The van der Waals surface area contributed by atoms with E-state index in [0.29, 0.717) is 12.3 Å². The van der Waals surface area contributed by atoms with Crippen LogP contribution in [0.4, 0.5) is 8.78 Å². The van der Waals surface area contributed by atoms with Gasteiger partial charge in [0, 0.05) is 5.56 Å². The van der Waals surface area contributed by atoms with Crippen molar-refractivity contribution in [1.82, 2.24) is 9.91 Å². The van der Waals surface area contributed by atoms with Crippen LogP contribution in [0.15, 0.2) is 46.2 Å². The first-order valence-electron chi connectivity index (χ1n) is 7.63. The molecule has 1 aliphatic carbocycles. The van der Waals surface area contributed by atoms with Crippen molar-refractivity contribution in [1.29, 1.82) is 0 Å². The number of rotatable bonds is 2. The van der Waals surface area contributed by atoms with Crippen LogP contribution in [0.25, 0.3) is 0 Å². The standard InChI is InChI=1S/C16H14ClF2N5O/c17-10-5-6-11(18)9(13(10)19)7-23-16(25)24-14(22-23)8-3-1-2-4-12(8)21-15(24)20/h1-2,4-6,8,16,25H,3,7H2,(H2,20,21). The van der Waals surface area contributed by atoms with Gasteiger partial charge in [0.1, 0.15) is 17.5 Å². The largest absolute Gasteiger partial charge is 0.369 e. The lowest BCUT2D eigenvalue weighted by molar-refractivity contribution is -0.0406. The van der Waals surface area contributed by atoms with E-state index in [-0.39, 0.29) is 29.0 Å². The first-order chi connectivity index (χ1) is 12.0. The van der Waals surface area contributed by atoms with Crippen molar-refractivity contribution >= 4 is 23.4 Å². The van der Waals surface area contributed by atoms with Gasteiger partial charge in [0.15, 0.2) is 0 Å². The number of hydrazone groups is 1. The molecule has 130 valence electrons. The van der Waals surface area contributed by atoms with Gasteiger partial charge in [-0.2, -0.15) is 5.10 Å². The Hall–Kier alpha value is -2.45. The minimum absolute atomic E-state index is 0.0820. The third kappa shape index (κ3) is 2.49. The minimum Gasteiger partial charge on any atom is -0.369 e. The molecule has 2 atom stereocenters. The molecule has 2 heterocycles. The Morgan fingerprint density at radius 3 is 2.96 bits per heavy atom. The number of aliphatic hydroxyl groups is 1. The second-order valence-electron chi connectivity index (χ2n) is 5.87. The van der Waals surface area contributed by atoms with Crippen LogP contribution in [0.2, 0.25) is 5.02 Å². The predicted octanol–water partition coefficient (Wildman–Crippen LogP) is 2.11. The van der Waals surface area contributed by atoms with Crippen LogP contribution in [-0.4, -0.2) is 33.2 Å². The molecule has 0 radical (unpaired) electrons. The molecule has 3 aliphatic rings. The number of hydrogen-bond donors (Lipinski definition) is 2. The maximum atomic E-state index is 14.1. The summed E-state index contributed by atoms with van der Waals surface area (Å²) < 4.78 is 28.1. The molecule has 0 saturated carbocycles. The molecule has 0 spiro atoms. The number of guanidine groups is 1. The van der Waals surface area contributed by atoms with Crippen molar-refractivity contribution in [3.63, 3.8) is 0 Å². The number of amidine groups is 1. The van der Waals surface area contributed by atoms with Gasteiger partial charge in [-0.05, 0) is 24.6 Å². The number of nitrogens with two attached hydrogens (primary N) is 1. The van der Waals surface area contributed by atoms with Crippen molar-refractivity contribution in [2.24, 2.45) is 21.7 Å². The minimum atomic E-state index is -1.30. The van der Waals surface area contributed by atoms with Crippen LogP contribution in [0.5, 0.6) is 0 Å². The molecule has 0 bridgehead atoms. The van der Waals surface area contributed by atoms with E-state index in [9.17, 15) is 13.9 Å². The molecule has 0 fully saturated rings. The van der Waals surface area contributed by atoms with Gasteiger partial charge in [-0.1, -0.05) is 23.8 Å². The van der Waals surface area contributed by atoms with E-state index in [0.717, 1.165) is 22.8 Å². The Labute approximate surface area is 147 Å². The lowest BCUT2D eigenvalue weighted by Gasteiger charge is -2.33. The first kappa shape index (κ1) is 16.0. The maximum Gasteiger partial charge on any atom is 0.230 e. The predicted molar refractivity (Wildman–Crippen MR) is 89.1 cm³/mol. The molecular formula is C16H14ClF2N5O. The zero-order chi connectivity index (χ0) is 17.7. The van der Waals surface area contributed by atoms with E-state index >= 15 is 0 Å². The molecule has 0 saturated heterocycles. The van der Waals surface area contributed by atoms with Gasteiger partial charge < -0.3 is 10.8 Å². The van der Waals surface area contributed by atoms with E-state index in [4.69, 9.17) is 17.3 Å². The molecule has 3 N–H and O–H groups in total. The smallest absolute Gasteiger partial charge is 0.230 e. The normalized spacial score (nSPS) is 24.6. The van der Waals surface area contributed by atoms with Crippen molar-refractivity contribution in [2.45, 2.75) is 19.3 Å². The van der Waals surface area contributed by atoms with Gasteiger partial charge in [0.2, 0.25) is 12.3 Å². The maximum absolute atomic E-state index is 14.1. The highest BCUT2D eigenvalue weighted by atomic mass is 35.5. The Morgan fingerprint density at radius 2 is 2.16 bits per heavy atom. The molecule has 2 aliphatic heterocycles. The van der Waals surface area contributed by atoms with Crippen LogP contribution < -0.4 is 5.73 Å². The van der Waals surface area contributed by atoms with Gasteiger partial charge in [-0.25, -0.2) is 18.8 Å². The monoisotopic (exact) mass is 365 g/mol. The Balaban J connectivity index is 1.70. The first-order valence-corrected chi connectivity index (χ1v) is 8.01. The van der Waals surface area contributed by atoms with E-state index in [2.05, 4.69) is 10.1 Å². The third-order valence-corrected chi connectivity index (χ3v) is 4.66. The van der Waals surface area contributed by atoms with Crippen LogP contribution in [0.1, 0.15) is 12.0 Å². The molecule has 25 heavy (non-hydrogen) atoms. The highest BCUT2D eigenvalue weighted by molar-refractivity contribution is 6.30. The molecule has 0 amide bonds. The van der Waals surface area contributed by atoms with E-state index in [1.54, 1.807) is 0 Å². The van der Waals surface area contributed by atoms with Crippen molar-refractivity contribution in [3.8, 4) is 0 Å². The summed E-state index contributed by atoms with van der Waals surface area (Å²) >= 11 is 5.72. The average Bonchev–Trinajstić information content (AvgIpc) is 2.93. The van der Waals surface area contributed by atoms with Crippen LogP contribution >= 0.6 is 11.6 Å². The Kier molecular flexibility index (Phi) is 3.73. The molecule has 2 unspecified atom stereocenters. The summed E-state index contributed by atoms with van der Waals surface area (Å²) in [6.07, 6.45) is 5.00. The number of aliphatic hydroxyl groups excluding tert-OH is 1. The number of nitrogens with zero attached hydrogens (tertiary/aromatic N) is 4. The quantitative estimate of drug-likeness (QED) is 0.787. The molecule has 1 aromatic rings. The fraction of sp³-hybridized carbons (Fsp3) is 0.250. The fourth-order valence-corrected chi connectivity index (χ4v) is 3.28. The van der Waals surface area contributed by atoms with E-state index in [1.165, 1.54) is 4.90 Å². The number of halogens is 3. The molecule has 6 nitrogen and oxygen atoms in total. The number of benzene rings is 1. The molecule has 4 rings (SSSR count). The van der Waals surface area contributed by atoms with Gasteiger partial charge in [-0.3, -0.25) is 4.90 Å². The van der Waals surface area contributed by atoms with E-state index < -0.39 is 18.0 Å². The van der Waals surface area contributed by atoms with Gasteiger partial charge >= 0.3 is 0 Å². The lowest BCUT2D eigenvalue weighted by Crippen LogP contribution is -2.53. The summed E-state index contributed by atoms with van der Waals surface area (Å²) in [7, 11) is 0. The summed E-state index contributed by atoms with van der Waals surface area (Å²) in [5.74, 6) is -1.22. The van der Waals surface area contributed by atoms with Crippen molar-refractivity contribution < 1.29 is 13.9 Å². The second kappa shape index (κ2) is 5.82. The van der Waals surface area contributed by atoms with Crippen LogP contribution in [-0.2, 0) is 6.54 Å². The van der Waals surface area contributed by atoms with Gasteiger partial charge in [-0.15, -0.1) is 0 Å². The zero-order valence-electron chi connectivity index (χ0n) is 12.9. The average molecular weight is 366 g/mol. The summed E-state index contributed by atoms with van der Waals surface area (Å²) in [4.78, 5) is 5.64. The van der Waals surface area contributed by atoms with Gasteiger partial charge in [0.05, 0.1) is 23.2 Å². The van der Waals surface area contributed by atoms with Crippen molar-refractivity contribution in [2.75, 3.05) is 0 Å². The SMILES string of the molecule is NC1=NC2=CC=CCC2C2=NN(Cc3c(F)ccc(Cl)c3F)C(O)N12. The topological polar surface area (TPSA) is 77.4 Å². The summed E-state index contributed by atoms with van der Waals surface area (Å²) in [5, 5.41) is 15.8. The number of allylic oxidation sites excluding steroid dienone is 3. The van der Waals surface area contributed by atoms with E-state index in [1.807, 2.05) is 18.2 Å². The molecule has 1 aromatic carbocycles. The number of fused-ring (bicyclic) bond motifs is 3. The Bertz CT molecular complexity index is 866. The van der Waals surface area contributed by atoms with Crippen LogP contribution in [0.3, 0.4) is 0 Å². The van der Waals surface area contributed by atoms with Gasteiger partial charge in [0.25, 0.3) is 0 Å². The van der Waals surface area contributed by atoms with Crippen LogP contribution in [0, 0.1) is 17.6 Å². The second-order valence-corrected chi connectivity index (χ2v) is 6.28. The summed E-state index contributed by atoms with van der Waals surface area (Å²) in [5.41, 5.74) is 6.40. The molecular weight excluding hydrogens is 352 g/mol. The fourth-order valence-electron chi connectivity index (χ4n) is 3.11. The number of hydrogen-bond acceptors (Lipinski definition) is 6. The molecule has 0 aromatic heterocycles. The molecule has 9 heteroatoms. The zero-order valence-corrected chi connectivity index (χ0v) is 13.7. The highest BCUT2D eigenvalue weighted by Gasteiger charge is 2.43. The summed E-state index contributed by atoms with van der Waals surface area (Å²) in [6.45, 7) is -0.297. The number of aliphatic imine (C=N–C) groups is 1. The summed E-state index contributed by atoms with van der Waals surface area (Å²) in [6, 6.07) is 2.22. The highest BCUT2D eigenvalue weighted by Crippen LogP contribution is 2.34. The third-order valence-electron chi connectivity index (χ3n) is 4.37. The van der Waals surface area contributed by atoms with Crippen molar-refractivity contribution in [3.05, 3.63) is 58.3 Å². The Morgan fingerprint density at radius 1 is 1.36 bits per heavy atom. The lowest BCUT2D eigenvalue weighted by atomic mass is 9.94.